The van der Waals surface area contributed by atoms with E-state index in [9.17, 15) is 9.59 Å². The molecule has 15 heavy (non-hydrogen) atoms. The number of rotatable bonds is 3. The summed E-state index contributed by atoms with van der Waals surface area (Å²) in [7, 11) is 1.99. The van der Waals surface area contributed by atoms with Gasteiger partial charge in [0.25, 0.3) is 0 Å². The zero-order valence-corrected chi connectivity index (χ0v) is 8.99. The molecule has 0 saturated carbocycles. The van der Waals surface area contributed by atoms with Gasteiger partial charge in [-0.15, -0.1) is 0 Å². The van der Waals surface area contributed by atoms with E-state index in [0.29, 0.717) is 0 Å². The summed E-state index contributed by atoms with van der Waals surface area (Å²) < 4.78 is 0. The standard InChI is InChI=1S/C9H17N3O3/c1-6(8(13)14)10-9(15)11-7-3-4-12(2)5-7/h6-7H,3-5H2,1-2H3,(H,13,14)(H2,10,11,15)/t6-,7?/m0/s1. The minimum Gasteiger partial charge on any atom is -0.480 e. The quantitative estimate of drug-likeness (QED) is 0.590. The lowest BCUT2D eigenvalue weighted by Crippen LogP contribution is -2.48. The van der Waals surface area contributed by atoms with Gasteiger partial charge in [-0.3, -0.25) is 4.79 Å². The summed E-state index contributed by atoms with van der Waals surface area (Å²) in [6.45, 7) is 3.21. The van der Waals surface area contributed by atoms with Crippen molar-refractivity contribution >= 4 is 12.0 Å². The molecular weight excluding hydrogens is 198 g/mol. The maximum Gasteiger partial charge on any atom is 0.325 e. The van der Waals surface area contributed by atoms with E-state index in [2.05, 4.69) is 15.5 Å². The van der Waals surface area contributed by atoms with E-state index in [4.69, 9.17) is 5.11 Å². The van der Waals surface area contributed by atoms with Gasteiger partial charge in [-0.25, -0.2) is 4.79 Å². The minimum absolute atomic E-state index is 0.121. The fourth-order valence-corrected chi connectivity index (χ4v) is 1.54. The van der Waals surface area contributed by atoms with Crippen molar-refractivity contribution in [3.05, 3.63) is 0 Å². The normalized spacial score (nSPS) is 23.5. The van der Waals surface area contributed by atoms with Crippen LogP contribution < -0.4 is 10.6 Å². The summed E-state index contributed by atoms with van der Waals surface area (Å²) in [6, 6.07) is -1.15. The van der Waals surface area contributed by atoms with Gasteiger partial charge >= 0.3 is 12.0 Å². The third-order valence-corrected chi connectivity index (χ3v) is 2.44. The lowest BCUT2D eigenvalue weighted by atomic mass is 10.3. The third-order valence-electron chi connectivity index (χ3n) is 2.44. The van der Waals surface area contributed by atoms with Crippen molar-refractivity contribution in [2.24, 2.45) is 0 Å². The van der Waals surface area contributed by atoms with Crippen molar-refractivity contribution in [1.29, 1.82) is 0 Å². The van der Waals surface area contributed by atoms with Gasteiger partial charge in [0.15, 0.2) is 0 Å². The van der Waals surface area contributed by atoms with E-state index >= 15 is 0 Å². The van der Waals surface area contributed by atoms with Crippen molar-refractivity contribution in [2.45, 2.75) is 25.4 Å². The zero-order valence-electron chi connectivity index (χ0n) is 8.99. The summed E-state index contributed by atoms with van der Waals surface area (Å²) in [6.07, 6.45) is 0.908. The fourth-order valence-electron chi connectivity index (χ4n) is 1.54. The van der Waals surface area contributed by atoms with Crippen molar-refractivity contribution in [3.63, 3.8) is 0 Å². The molecule has 86 valence electrons. The van der Waals surface area contributed by atoms with Gasteiger partial charge in [-0.1, -0.05) is 0 Å². The van der Waals surface area contributed by atoms with Gasteiger partial charge < -0.3 is 20.6 Å². The SMILES string of the molecule is C[C@H](NC(=O)NC1CCN(C)C1)C(=O)O. The Hall–Kier alpha value is -1.30. The molecule has 1 aliphatic rings. The highest BCUT2D eigenvalue weighted by Gasteiger charge is 2.22. The first-order chi connectivity index (χ1) is 6.99. The van der Waals surface area contributed by atoms with Crippen LogP contribution in [0.15, 0.2) is 0 Å². The Labute approximate surface area is 88.6 Å². The number of amides is 2. The Bertz CT molecular complexity index is 257. The number of hydrogen-bond acceptors (Lipinski definition) is 3. The van der Waals surface area contributed by atoms with Crippen LogP contribution in [0.1, 0.15) is 13.3 Å². The molecule has 6 nitrogen and oxygen atoms in total. The zero-order chi connectivity index (χ0) is 11.4. The first-order valence-electron chi connectivity index (χ1n) is 4.97. The second kappa shape index (κ2) is 4.97. The second-order valence-electron chi connectivity index (χ2n) is 3.93. The van der Waals surface area contributed by atoms with E-state index in [1.165, 1.54) is 6.92 Å². The number of carbonyl (C=O) groups is 2. The number of carbonyl (C=O) groups excluding carboxylic acids is 1. The number of nitrogens with zero attached hydrogens (tertiary/aromatic N) is 1. The Balaban J connectivity index is 2.27. The molecule has 0 spiro atoms. The average Bonchev–Trinajstić information content (AvgIpc) is 2.50. The largest absolute Gasteiger partial charge is 0.480 e. The van der Waals surface area contributed by atoms with E-state index in [-0.39, 0.29) is 6.04 Å². The van der Waals surface area contributed by atoms with Crippen LogP contribution in [0.25, 0.3) is 0 Å². The van der Waals surface area contributed by atoms with Gasteiger partial charge in [0.05, 0.1) is 0 Å². The molecule has 1 aliphatic heterocycles. The predicted octanol–water partition coefficient (Wildman–Crippen LogP) is -0.537. The van der Waals surface area contributed by atoms with Gasteiger partial charge in [-0.2, -0.15) is 0 Å². The highest BCUT2D eigenvalue weighted by atomic mass is 16.4. The molecule has 0 aromatic carbocycles. The smallest absolute Gasteiger partial charge is 0.325 e. The highest BCUT2D eigenvalue weighted by Crippen LogP contribution is 2.05. The van der Waals surface area contributed by atoms with Gasteiger partial charge in [0.1, 0.15) is 6.04 Å². The van der Waals surface area contributed by atoms with Crippen LogP contribution in [0.5, 0.6) is 0 Å². The first-order valence-corrected chi connectivity index (χ1v) is 4.97. The van der Waals surface area contributed by atoms with Gasteiger partial charge in [0.2, 0.25) is 0 Å². The van der Waals surface area contributed by atoms with Crippen LogP contribution in [-0.2, 0) is 4.79 Å². The van der Waals surface area contributed by atoms with Crippen LogP contribution >= 0.6 is 0 Å². The van der Waals surface area contributed by atoms with Gasteiger partial charge in [0, 0.05) is 12.6 Å². The molecule has 1 rings (SSSR count). The molecule has 1 saturated heterocycles. The monoisotopic (exact) mass is 215 g/mol. The van der Waals surface area contributed by atoms with Crippen LogP contribution in [0, 0.1) is 0 Å². The molecule has 0 aliphatic carbocycles. The van der Waals surface area contributed by atoms with E-state index in [1.54, 1.807) is 0 Å². The molecule has 2 atom stereocenters. The average molecular weight is 215 g/mol. The summed E-state index contributed by atoms with van der Waals surface area (Å²) in [5, 5.41) is 13.7. The number of likely N-dealkylation sites (tertiary alicyclic amines) is 1. The molecule has 0 aromatic heterocycles. The van der Waals surface area contributed by atoms with Crippen molar-refractivity contribution < 1.29 is 14.7 Å². The fraction of sp³-hybridized carbons (Fsp3) is 0.778. The molecule has 0 bridgehead atoms. The maximum absolute atomic E-state index is 11.3. The summed E-state index contributed by atoms with van der Waals surface area (Å²) in [5.74, 6) is -1.03. The molecule has 3 N–H and O–H groups in total. The van der Waals surface area contributed by atoms with Crippen LogP contribution in [0.4, 0.5) is 4.79 Å². The number of carboxylic acid groups (broad SMARTS) is 1. The molecule has 1 fully saturated rings. The van der Waals surface area contributed by atoms with E-state index in [1.807, 2.05) is 7.05 Å². The topological polar surface area (TPSA) is 81.7 Å². The Morgan fingerprint density at radius 3 is 2.67 bits per heavy atom. The third kappa shape index (κ3) is 3.75. The summed E-state index contributed by atoms with van der Waals surface area (Å²) in [4.78, 5) is 23.9. The second-order valence-corrected chi connectivity index (χ2v) is 3.93. The predicted molar refractivity (Wildman–Crippen MR) is 54.7 cm³/mol. The van der Waals surface area contributed by atoms with Crippen molar-refractivity contribution in [1.82, 2.24) is 15.5 Å². The van der Waals surface area contributed by atoms with Crippen LogP contribution in [0.3, 0.4) is 0 Å². The molecule has 0 aromatic rings. The van der Waals surface area contributed by atoms with Crippen molar-refractivity contribution in [2.75, 3.05) is 20.1 Å². The lowest BCUT2D eigenvalue weighted by molar-refractivity contribution is -0.138. The number of hydrogen-bond donors (Lipinski definition) is 3. The number of aliphatic carboxylic acids is 1. The molecule has 1 heterocycles. The molecule has 2 amide bonds. The minimum atomic E-state index is -1.03. The Kier molecular flexibility index (Phi) is 3.90. The van der Waals surface area contributed by atoms with Crippen LogP contribution in [-0.4, -0.2) is 54.2 Å². The molecule has 6 heteroatoms. The van der Waals surface area contributed by atoms with Crippen LogP contribution in [0.2, 0.25) is 0 Å². The lowest BCUT2D eigenvalue weighted by Gasteiger charge is -2.15. The highest BCUT2D eigenvalue weighted by molar-refractivity contribution is 5.82. The summed E-state index contributed by atoms with van der Waals surface area (Å²) >= 11 is 0. The molecule has 0 radical (unpaired) electrons. The number of urea groups is 1. The Morgan fingerprint density at radius 2 is 2.20 bits per heavy atom. The molecule has 1 unspecified atom stereocenters. The van der Waals surface area contributed by atoms with Crippen molar-refractivity contribution in [3.8, 4) is 0 Å². The van der Waals surface area contributed by atoms with Gasteiger partial charge in [-0.05, 0) is 26.9 Å². The van der Waals surface area contributed by atoms with E-state index < -0.39 is 18.0 Å². The Morgan fingerprint density at radius 1 is 1.53 bits per heavy atom. The number of carboxylic acids is 1. The summed E-state index contributed by atoms with van der Waals surface area (Å²) in [5.41, 5.74) is 0. The molecular formula is C9H17N3O3. The number of nitrogens with one attached hydrogen (secondary N) is 2. The van der Waals surface area contributed by atoms with E-state index in [0.717, 1.165) is 19.5 Å². The number of likely N-dealkylation sites (N-methyl/N-ethyl adjacent to an activating group) is 1. The maximum atomic E-state index is 11.3. The first kappa shape index (κ1) is 11.8.